The number of nitrogens with two attached hydrogens (primary N) is 1. The van der Waals surface area contributed by atoms with Gasteiger partial charge in [0.2, 0.25) is 0 Å². The van der Waals surface area contributed by atoms with Crippen molar-refractivity contribution in [3.63, 3.8) is 0 Å². The molecule has 5 heteroatoms. The third kappa shape index (κ3) is 3.94. The molecule has 0 aliphatic heterocycles. The first kappa shape index (κ1) is 16.0. The van der Waals surface area contributed by atoms with Crippen LogP contribution < -0.4 is 10.6 Å². The van der Waals surface area contributed by atoms with Crippen LogP contribution in [0.3, 0.4) is 0 Å². The van der Waals surface area contributed by atoms with E-state index in [4.69, 9.17) is 5.73 Å². The minimum absolute atomic E-state index is 0.179. The monoisotopic (exact) mass is 284 g/mol. The summed E-state index contributed by atoms with van der Waals surface area (Å²) in [5.41, 5.74) is 6.39. The molecular weight excluding hydrogens is 260 g/mol. The Morgan fingerprint density at radius 3 is 2.42 bits per heavy atom. The highest BCUT2D eigenvalue weighted by Crippen LogP contribution is 2.27. The number of anilines is 1. The van der Waals surface area contributed by atoms with E-state index in [2.05, 4.69) is 0 Å². The molecule has 0 atom stereocenters. The van der Waals surface area contributed by atoms with Crippen LogP contribution >= 0.6 is 0 Å². The van der Waals surface area contributed by atoms with Gasteiger partial charge in [-0.15, -0.1) is 0 Å². The van der Waals surface area contributed by atoms with E-state index in [0.717, 1.165) is 5.69 Å². The van der Waals surface area contributed by atoms with Crippen molar-refractivity contribution in [2.45, 2.75) is 38.1 Å². The molecule has 0 aliphatic carbocycles. The lowest BCUT2D eigenvalue weighted by molar-refractivity contribution is 0.593. The number of para-hydroxylation sites is 1. The zero-order chi connectivity index (χ0) is 14.5. The van der Waals surface area contributed by atoms with E-state index in [9.17, 15) is 8.42 Å². The van der Waals surface area contributed by atoms with Crippen LogP contribution in [0.15, 0.2) is 29.2 Å². The van der Waals surface area contributed by atoms with Crippen LogP contribution in [0, 0.1) is 0 Å². The van der Waals surface area contributed by atoms with Crippen LogP contribution in [0.25, 0.3) is 0 Å². The Kier molecular flexibility index (Phi) is 5.82. The van der Waals surface area contributed by atoms with E-state index < -0.39 is 9.84 Å². The normalized spacial score (nSPS) is 11.8. The molecule has 0 heterocycles. The Hall–Kier alpha value is -1.07. The summed E-state index contributed by atoms with van der Waals surface area (Å²) in [6.45, 7) is 7.11. The lowest BCUT2D eigenvalue weighted by Gasteiger charge is -2.30. The molecule has 0 saturated carbocycles. The molecule has 4 nitrogen and oxygen atoms in total. The SMILES string of the molecule is CCCS(=O)(=O)c1ccccc1N(CCN)C(C)C. The summed E-state index contributed by atoms with van der Waals surface area (Å²) in [5, 5.41) is 0. The van der Waals surface area contributed by atoms with E-state index in [1.165, 1.54) is 0 Å². The standard InChI is InChI=1S/C14H24N2O2S/c1-4-11-19(17,18)14-8-6-5-7-13(14)16(10-9-15)12(2)3/h5-8,12H,4,9-11,15H2,1-3H3. The average molecular weight is 284 g/mol. The second-order valence-electron chi connectivity index (χ2n) is 4.86. The lowest BCUT2D eigenvalue weighted by atomic mass is 10.2. The Balaban J connectivity index is 3.28. The highest BCUT2D eigenvalue weighted by molar-refractivity contribution is 7.91. The molecule has 0 bridgehead atoms. The molecule has 2 N–H and O–H groups in total. The van der Waals surface area contributed by atoms with Gasteiger partial charge in [-0.05, 0) is 32.4 Å². The van der Waals surface area contributed by atoms with E-state index in [-0.39, 0.29) is 11.8 Å². The van der Waals surface area contributed by atoms with Gasteiger partial charge in [0.1, 0.15) is 0 Å². The van der Waals surface area contributed by atoms with Crippen LogP contribution in [0.1, 0.15) is 27.2 Å². The lowest BCUT2D eigenvalue weighted by Crippen LogP contribution is -2.36. The quantitative estimate of drug-likeness (QED) is 0.832. The van der Waals surface area contributed by atoms with E-state index in [0.29, 0.717) is 24.4 Å². The number of hydrogen-bond donors (Lipinski definition) is 1. The van der Waals surface area contributed by atoms with Gasteiger partial charge in [-0.2, -0.15) is 0 Å². The first-order chi connectivity index (χ1) is 8.94. The van der Waals surface area contributed by atoms with E-state index >= 15 is 0 Å². The fourth-order valence-corrected chi connectivity index (χ4v) is 3.68. The summed E-state index contributed by atoms with van der Waals surface area (Å²) in [5.74, 6) is 0.179. The molecular formula is C14H24N2O2S. The van der Waals surface area contributed by atoms with Crippen molar-refractivity contribution in [2.24, 2.45) is 5.73 Å². The molecule has 1 aromatic carbocycles. The summed E-state index contributed by atoms with van der Waals surface area (Å²) in [6.07, 6.45) is 0.620. The molecule has 0 radical (unpaired) electrons. The van der Waals surface area contributed by atoms with Gasteiger partial charge in [-0.3, -0.25) is 0 Å². The molecule has 108 valence electrons. The van der Waals surface area contributed by atoms with E-state index in [1.54, 1.807) is 12.1 Å². The molecule has 1 aromatic rings. The number of benzene rings is 1. The van der Waals surface area contributed by atoms with Crippen LogP contribution in [0.2, 0.25) is 0 Å². The molecule has 0 amide bonds. The zero-order valence-electron chi connectivity index (χ0n) is 12.0. The molecule has 0 unspecified atom stereocenters. The van der Waals surface area contributed by atoms with Gasteiger partial charge in [0.05, 0.1) is 16.3 Å². The molecule has 0 fully saturated rings. The van der Waals surface area contributed by atoms with Crippen molar-refractivity contribution in [2.75, 3.05) is 23.7 Å². The molecule has 0 aliphatic rings. The Morgan fingerprint density at radius 1 is 1.26 bits per heavy atom. The smallest absolute Gasteiger partial charge is 0.180 e. The molecule has 0 aromatic heterocycles. The van der Waals surface area contributed by atoms with Gasteiger partial charge in [0.15, 0.2) is 9.84 Å². The maximum atomic E-state index is 12.3. The maximum Gasteiger partial charge on any atom is 0.180 e. The van der Waals surface area contributed by atoms with Crippen molar-refractivity contribution in [1.29, 1.82) is 0 Å². The van der Waals surface area contributed by atoms with E-state index in [1.807, 2.05) is 37.8 Å². The van der Waals surface area contributed by atoms with Crippen LogP contribution in [-0.4, -0.2) is 33.3 Å². The van der Waals surface area contributed by atoms with Crippen LogP contribution in [-0.2, 0) is 9.84 Å². The largest absolute Gasteiger partial charge is 0.367 e. The topological polar surface area (TPSA) is 63.4 Å². The number of hydrogen-bond acceptors (Lipinski definition) is 4. The average Bonchev–Trinajstić information content (AvgIpc) is 2.35. The Bertz CT molecular complexity index is 498. The third-order valence-corrected chi connectivity index (χ3v) is 4.94. The van der Waals surface area contributed by atoms with Crippen molar-refractivity contribution in [3.8, 4) is 0 Å². The van der Waals surface area contributed by atoms with Gasteiger partial charge >= 0.3 is 0 Å². The molecule has 19 heavy (non-hydrogen) atoms. The first-order valence-electron chi connectivity index (χ1n) is 6.72. The van der Waals surface area contributed by atoms with Gasteiger partial charge in [-0.25, -0.2) is 8.42 Å². The second kappa shape index (κ2) is 6.91. The van der Waals surface area contributed by atoms with Gasteiger partial charge < -0.3 is 10.6 Å². The predicted molar refractivity (Wildman–Crippen MR) is 80.3 cm³/mol. The Labute approximate surface area is 116 Å². The predicted octanol–water partition coefficient (Wildman–Crippen LogP) is 2.04. The summed E-state index contributed by atoms with van der Waals surface area (Å²) in [7, 11) is -3.22. The van der Waals surface area contributed by atoms with Crippen molar-refractivity contribution < 1.29 is 8.42 Å². The van der Waals surface area contributed by atoms with Crippen LogP contribution in [0.4, 0.5) is 5.69 Å². The fraction of sp³-hybridized carbons (Fsp3) is 0.571. The maximum absolute atomic E-state index is 12.3. The Morgan fingerprint density at radius 2 is 1.89 bits per heavy atom. The summed E-state index contributed by atoms with van der Waals surface area (Å²) < 4.78 is 24.7. The van der Waals surface area contributed by atoms with Gasteiger partial charge in [0.25, 0.3) is 0 Å². The molecule has 1 rings (SSSR count). The zero-order valence-corrected chi connectivity index (χ0v) is 12.8. The highest BCUT2D eigenvalue weighted by atomic mass is 32.2. The van der Waals surface area contributed by atoms with Crippen molar-refractivity contribution in [3.05, 3.63) is 24.3 Å². The van der Waals surface area contributed by atoms with Crippen molar-refractivity contribution in [1.82, 2.24) is 0 Å². The third-order valence-electron chi connectivity index (χ3n) is 2.98. The number of sulfone groups is 1. The summed E-state index contributed by atoms with van der Waals surface area (Å²) >= 11 is 0. The summed E-state index contributed by atoms with van der Waals surface area (Å²) in [4.78, 5) is 2.46. The number of rotatable bonds is 7. The molecule has 0 spiro atoms. The highest BCUT2D eigenvalue weighted by Gasteiger charge is 2.21. The minimum atomic E-state index is -3.22. The van der Waals surface area contributed by atoms with Gasteiger partial charge in [-0.1, -0.05) is 19.1 Å². The fourth-order valence-electron chi connectivity index (χ4n) is 2.13. The summed E-state index contributed by atoms with van der Waals surface area (Å²) in [6, 6.07) is 7.39. The van der Waals surface area contributed by atoms with Gasteiger partial charge in [0, 0.05) is 19.1 Å². The minimum Gasteiger partial charge on any atom is -0.367 e. The number of nitrogens with zero attached hydrogens (tertiary/aromatic N) is 1. The second-order valence-corrected chi connectivity index (χ2v) is 6.94. The van der Waals surface area contributed by atoms with Crippen LogP contribution in [0.5, 0.6) is 0 Å². The van der Waals surface area contributed by atoms with Crippen molar-refractivity contribution >= 4 is 15.5 Å². The first-order valence-corrected chi connectivity index (χ1v) is 8.37. The molecule has 0 saturated heterocycles.